The molecule has 168 valence electrons. The van der Waals surface area contributed by atoms with Crippen molar-refractivity contribution in [2.24, 2.45) is 0 Å². The Kier molecular flexibility index (Phi) is 5.88. The molecule has 0 unspecified atom stereocenters. The van der Waals surface area contributed by atoms with Gasteiger partial charge in [0.25, 0.3) is 0 Å². The summed E-state index contributed by atoms with van der Waals surface area (Å²) in [5.41, 5.74) is 3.35. The molecule has 2 amide bonds. The van der Waals surface area contributed by atoms with Crippen molar-refractivity contribution in [3.63, 3.8) is 0 Å². The number of alkyl carbamates (subject to hydrolysis) is 1. The Morgan fingerprint density at radius 2 is 1.59 bits per heavy atom. The zero-order chi connectivity index (χ0) is 22.9. The molecule has 8 heteroatoms. The monoisotopic (exact) mass is 438 g/mol. The minimum absolute atomic E-state index is 0.0607. The SMILES string of the molecule is CC(C)(NC(=O)OCC1c2ccccc2-c2ccccc21)C(=O)N1CC(OCC(=O)O)C1. The molecule has 1 aliphatic carbocycles. The number of benzene rings is 2. The summed E-state index contributed by atoms with van der Waals surface area (Å²) in [5, 5.41) is 11.3. The number of ether oxygens (including phenoxy) is 2. The van der Waals surface area contributed by atoms with Crippen LogP contribution in [0.2, 0.25) is 0 Å². The van der Waals surface area contributed by atoms with Crippen LogP contribution in [0.5, 0.6) is 0 Å². The Morgan fingerprint density at radius 1 is 1.03 bits per heavy atom. The lowest BCUT2D eigenvalue weighted by Crippen LogP contribution is -2.64. The van der Waals surface area contributed by atoms with Crippen LogP contribution in [-0.2, 0) is 19.1 Å². The summed E-state index contributed by atoms with van der Waals surface area (Å²) in [7, 11) is 0. The van der Waals surface area contributed by atoms with Crippen LogP contribution in [0.3, 0.4) is 0 Å². The van der Waals surface area contributed by atoms with Crippen LogP contribution in [0.15, 0.2) is 48.5 Å². The van der Waals surface area contributed by atoms with Gasteiger partial charge in [0, 0.05) is 19.0 Å². The first kappa shape index (κ1) is 21.8. The van der Waals surface area contributed by atoms with E-state index in [1.54, 1.807) is 13.8 Å². The van der Waals surface area contributed by atoms with E-state index in [0.29, 0.717) is 13.1 Å². The maximum absolute atomic E-state index is 12.7. The number of aliphatic carboxylic acids is 1. The van der Waals surface area contributed by atoms with E-state index in [4.69, 9.17) is 14.6 Å². The molecule has 2 aromatic carbocycles. The minimum Gasteiger partial charge on any atom is -0.480 e. The normalized spacial score (nSPS) is 15.5. The summed E-state index contributed by atoms with van der Waals surface area (Å²) >= 11 is 0. The van der Waals surface area contributed by atoms with Gasteiger partial charge in [-0.3, -0.25) is 4.79 Å². The summed E-state index contributed by atoms with van der Waals surface area (Å²) < 4.78 is 10.7. The van der Waals surface area contributed by atoms with Crippen molar-refractivity contribution >= 4 is 18.0 Å². The van der Waals surface area contributed by atoms with Gasteiger partial charge in [0.1, 0.15) is 18.8 Å². The Bertz CT molecular complexity index is 999. The molecule has 0 aromatic heterocycles. The van der Waals surface area contributed by atoms with Crippen molar-refractivity contribution in [1.29, 1.82) is 0 Å². The first-order chi connectivity index (χ1) is 15.3. The van der Waals surface area contributed by atoms with Crippen LogP contribution >= 0.6 is 0 Å². The third-order valence-electron chi connectivity index (χ3n) is 5.87. The molecule has 1 fully saturated rings. The second-order valence-corrected chi connectivity index (χ2v) is 8.61. The molecule has 0 saturated carbocycles. The van der Waals surface area contributed by atoms with Crippen LogP contribution in [0, 0.1) is 0 Å². The average molecular weight is 438 g/mol. The smallest absolute Gasteiger partial charge is 0.408 e. The summed E-state index contributed by atoms with van der Waals surface area (Å²) in [6, 6.07) is 16.1. The topological polar surface area (TPSA) is 105 Å². The Hall–Kier alpha value is -3.39. The summed E-state index contributed by atoms with van der Waals surface area (Å²) in [4.78, 5) is 37.3. The van der Waals surface area contributed by atoms with Crippen molar-refractivity contribution in [2.45, 2.75) is 31.4 Å². The van der Waals surface area contributed by atoms with Crippen LogP contribution in [0.1, 0.15) is 30.9 Å². The van der Waals surface area contributed by atoms with Crippen LogP contribution in [-0.4, -0.2) is 65.9 Å². The molecule has 2 aromatic rings. The van der Waals surface area contributed by atoms with E-state index in [0.717, 1.165) is 22.3 Å². The molecule has 1 saturated heterocycles. The zero-order valence-electron chi connectivity index (χ0n) is 18.0. The fourth-order valence-corrected chi connectivity index (χ4v) is 4.24. The van der Waals surface area contributed by atoms with Gasteiger partial charge in [0.2, 0.25) is 5.91 Å². The molecular formula is C24H26N2O6. The van der Waals surface area contributed by atoms with E-state index in [1.807, 2.05) is 36.4 Å². The van der Waals surface area contributed by atoms with E-state index >= 15 is 0 Å². The van der Waals surface area contributed by atoms with E-state index in [-0.39, 0.29) is 24.5 Å². The summed E-state index contributed by atoms with van der Waals surface area (Å²) in [5.74, 6) is -1.39. The highest BCUT2D eigenvalue weighted by Gasteiger charge is 2.40. The molecule has 0 spiro atoms. The summed E-state index contributed by atoms with van der Waals surface area (Å²) in [6.07, 6.45) is -0.968. The second kappa shape index (κ2) is 8.63. The molecule has 0 radical (unpaired) electrons. The number of carboxylic acids is 1. The van der Waals surface area contributed by atoms with Gasteiger partial charge in [-0.1, -0.05) is 48.5 Å². The van der Waals surface area contributed by atoms with E-state index in [9.17, 15) is 14.4 Å². The van der Waals surface area contributed by atoms with E-state index < -0.39 is 24.2 Å². The maximum atomic E-state index is 12.7. The third kappa shape index (κ3) is 4.31. The Morgan fingerprint density at radius 3 is 2.16 bits per heavy atom. The quantitative estimate of drug-likeness (QED) is 0.689. The largest absolute Gasteiger partial charge is 0.480 e. The molecule has 8 nitrogen and oxygen atoms in total. The van der Waals surface area contributed by atoms with E-state index in [1.165, 1.54) is 4.90 Å². The number of rotatable bonds is 7. The minimum atomic E-state index is -1.17. The number of carboxylic acid groups (broad SMARTS) is 1. The number of carbonyl (C=O) groups is 3. The standard InChI is InChI=1S/C24H26N2O6/c1-24(2,22(29)26-11-15(12-26)31-14-21(27)28)25-23(30)32-13-20-18-9-5-3-7-16(18)17-8-4-6-10-19(17)20/h3-10,15,20H,11-14H2,1-2H3,(H,25,30)(H,27,28). The number of likely N-dealkylation sites (tertiary alicyclic amines) is 1. The van der Waals surface area contributed by atoms with Crippen molar-refractivity contribution in [1.82, 2.24) is 10.2 Å². The Balaban J connectivity index is 1.32. The maximum Gasteiger partial charge on any atom is 0.408 e. The lowest BCUT2D eigenvalue weighted by Gasteiger charge is -2.42. The number of nitrogens with zero attached hydrogens (tertiary/aromatic N) is 1. The van der Waals surface area contributed by atoms with Crippen molar-refractivity contribution < 1.29 is 29.0 Å². The molecule has 4 rings (SSSR count). The highest BCUT2D eigenvalue weighted by atomic mass is 16.5. The molecule has 32 heavy (non-hydrogen) atoms. The van der Waals surface area contributed by atoms with Crippen LogP contribution in [0.4, 0.5) is 4.79 Å². The molecule has 1 heterocycles. The van der Waals surface area contributed by atoms with Gasteiger partial charge in [0.15, 0.2) is 0 Å². The van der Waals surface area contributed by atoms with Gasteiger partial charge in [-0.15, -0.1) is 0 Å². The van der Waals surface area contributed by atoms with Crippen molar-refractivity contribution in [2.75, 3.05) is 26.3 Å². The molecular weight excluding hydrogens is 412 g/mol. The lowest BCUT2D eigenvalue weighted by molar-refractivity contribution is -0.157. The highest BCUT2D eigenvalue weighted by molar-refractivity contribution is 5.89. The highest BCUT2D eigenvalue weighted by Crippen LogP contribution is 2.44. The number of fused-ring (bicyclic) bond motifs is 3. The average Bonchev–Trinajstić information content (AvgIpc) is 3.04. The Labute approximate surface area is 186 Å². The van der Waals surface area contributed by atoms with Gasteiger partial charge in [-0.2, -0.15) is 0 Å². The first-order valence-electron chi connectivity index (χ1n) is 10.5. The first-order valence-corrected chi connectivity index (χ1v) is 10.5. The number of amides is 2. The molecule has 0 atom stereocenters. The third-order valence-corrected chi connectivity index (χ3v) is 5.87. The fourth-order valence-electron chi connectivity index (χ4n) is 4.24. The lowest BCUT2D eigenvalue weighted by atomic mass is 9.98. The number of hydrogen-bond donors (Lipinski definition) is 2. The van der Waals surface area contributed by atoms with Crippen molar-refractivity contribution in [3.05, 3.63) is 59.7 Å². The fraction of sp³-hybridized carbons (Fsp3) is 0.375. The summed E-state index contributed by atoms with van der Waals surface area (Å²) in [6.45, 7) is 3.58. The zero-order valence-corrected chi connectivity index (χ0v) is 18.0. The predicted octanol–water partition coefficient (Wildman–Crippen LogP) is 2.62. The van der Waals surface area contributed by atoms with Gasteiger partial charge in [0.05, 0.1) is 6.10 Å². The number of hydrogen-bond acceptors (Lipinski definition) is 5. The number of carbonyl (C=O) groups excluding carboxylic acids is 2. The van der Waals surface area contributed by atoms with E-state index in [2.05, 4.69) is 17.4 Å². The van der Waals surface area contributed by atoms with Gasteiger partial charge in [-0.25, -0.2) is 9.59 Å². The predicted molar refractivity (Wildman–Crippen MR) is 116 cm³/mol. The second-order valence-electron chi connectivity index (χ2n) is 8.61. The molecule has 0 bridgehead atoms. The molecule has 2 N–H and O–H groups in total. The van der Waals surface area contributed by atoms with Crippen LogP contribution < -0.4 is 5.32 Å². The van der Waals surface area contributed by atoms with Gasteiger partial charge in [-0.05, 0) is 36.1 Å². The molecule has 1 aliphatic heterocycles. The molecule has 2 aliphatic rings. The van der Waals surface area contributed by atoms with Crippen LogP contribution in [0.25, 0.3) is 11.1 Å². The van der Waals surface area contributed by atoms with Gasteiger partial charge >= 0.3 is 12.1 Å². The number of nitrogens with one attached hydrogen (secondary N) is 1. The van der Waals surface area contributed by atoms with Gasteiger partial charge < -0.3 is 24.8 Å². The van der Waals surface area contributed by atoms with Crippen molar-refractivity contribution in [3.8, 4) is 11.1 Å².